The minimum Gasteiger partial charge on any atom is -0.454 e. The van der Waals surface area contributed by atoms with Gasteiger partial charge in [-0.15, -0.1) is 0 Å². The van der Waals surface area contributed by atoms with Gasteiger partial charge in [0, 0.05) is 30.6 Å². The van der Waals surface area contributed by atoms with E-state index in [1.54, 1.807) is 47.4 Å². The van der Waals surface area contributed by atoms with Gasteiger partial charge in [-0.2, -0.15) is 0 Å². The Hall–Kier alpha value is -4.38. The molecule has 11 heteroatoms. The molecule has 2 N–H and O–H groups in total. The number of ether oxygens (including phenoxy) is 2. The van der Waals surface area contributed by atoms with Crippen LogP contribution >= 0.6 is 11.6 Å². The van der Waals surface area contributed by atoms with Crippen LogP contribution in [0.4, 0.5) is 0 Å². The zero-order valence-corrected chi connectivity index (χ0v) is 26.6. The topological polar surface area (TPSA) is 114 Å². The molecule has 0 radical (unpaired) electrons. The van der Waals surface area contributed by atoms with E-state index >= 15 is 0 Å². The van der Waals surface area contributed by atoms with Crippen LogP contribution in [0.25, 0.3) is 0 Å². The van der Waals surface area contributed by atoms with E-state index in [-0.39, 0.29) is 49.1 Å². The van der Waals surface area contributed by atoms with Crippen molar-refractivity contribution in [1.82, 2.24) is 14.9 Å². The van der Waals surface area contributed by atoms with E-state index in [0.29, 0.717) is 28.5 Å². The molecule has 9 nitrogen and oxygen atoms in total. The van der Waals surface area contributed by atoms with Gasteiger partial charge >= 0.3 is 0 Å². The summed E-state index contributed by atoms with van der Waals surface area (Å²) in [6.07, 6.45) is 2.18. The fourth-order valence-electron chi connectivity index (χ4n) is 5.27. The zero-order chi connectivity index (χ0) is 32.1. The summed E-state index contributed by atoms with van der Waals surface area (Å²) in [5, 5.41) is 3.59. The van der Waals surface area contributed by atoms with E-state index in [1.165, 1.54) is 0 Å². The minimum absolute atomic E-state index is 0.0145. The third-order valence-electron chi connectivity index (χ3n) is 7.93. The molecule has 6 rings (SSSR count). The molecule has 2 amide bonds. The monoisotopic (exact) mass is 659 g/mol. The van der Waals surface area contributed by atoms with Gasteiger partial charge in [0.2, 0.25) is 28.6 Å². The van der Waals surface area contributed by atoms with Crippen molar-refractivity contribution in [3.05, 3.63) is 124 Å². The largest absolute Gasteiger partial charge is 0.454 e. The standard InChI is InChI=1S/C35H34ClN3O6S/c36-28-12-6-25(7-13-28)22-39(33(40)19-11-24-8-16-30(17-9-24)46(42,43)38-29-14-15-29)34(27-4-2-1-3-5-27)35(41)37-21-26-10-18-31-32(20-26)45-23-44-31/h1-10,12-13,16-18,20,29,34,38H,11,14-15,19,21-23H2,(H,37,41). The Bertz CT molecular complexity index is 1800. The summed E-state index contributed by atoms with van der Waals surface area (Å²) >= 11 is 6.14. The lowest BCUT2D eigenvalue weighted by atomic mass is 10.0. The molecule has 0 saturated heterocycles. The number of halogens is 1. The number of hydrogen-bond donors (Lipinski definition) is 2. The molecule has 46 heavy (non-hydrogen) atoms. The van der Waals surface area contributed by atoms with Crippen LogP contribution in [0.5, 0.6) is 11.5 Å². The van der Waals surface area contributed by atoms with E-state index in [1.807, 2.05) is 54.6 Å². The van der Waals surface area contributed by atoms with Crippen LogP contribution in [0.1, 0.15) is 47.6 Å². The molecular formula is C35H34ClN3O6S. The number of sulfonamides is 1. The van der Waals surface area contributed by atoms with Crippen LogP contribution in [-0.2, 0) is 39.1 Å². The molecule has 1 unspecified atom stereocenters. The van der Waals surface area contributed by atoms with Gasteiger partial charge in [0.05, 0.1) is 4.90 Å². The smallest absolute Gasteiger partial charge is 0.247 e. The van der Waals surface area contributed by atoms with Gasteiger partial charge in [-0.1, -0.05) is 72.3 Å². The first-order valence-corrected chi connectivity index (χ1v) is 17.0. The van der Waals surface area contributed by atoms with Gasteiger partial charge in [0.25, 0.3) is 0 Å². The van der Waals surface area contributed by atoms with Gasteiger partial charge in [-0.25, -0.2) is 13.1 Å². The van der Waals surface area contributed by atoms with Crippen LogP contribution in [0, 0.1) is 0 Å². The third kappa shape index (κ3) is 7.88. The second kappa shape index (κ2) is 13.9. The Morgan fingerprint density at radius 3 is 2.24 bits per heavy atom. The van der Waals surface area contributed by atoms with Crippen molar-refractivity contribution >= 4 is 33.4 Å². The maximum absolute atomic E-state index is 14.0. The molecule has 1 aliphatic heterocycles. The number of carbonyl (C=O) groups is 2. The maximum Gasteiger partial charge on any atom is 0.247 e. The first kappa shape index (κ1) is 31.6. The lowest BCUT2D eigenvalue weighted by Crippen LogP contribution is -2.43. The lowest BCUT2D eigenvalue weighted by Gasteiger charge is -2.32. The number of fused-ring (bicyclic) bond motifs is 1. The molecule has 0 bridgehead atoms. The summed E-state index contributed by atoms with van der Waals surface area (Å²) in [6.45, 7) is 0.563. The van der Waals surface area contributed by atoms with Crippen molar-refractivity contribution in [2.24, 2.45) is 0 Å². The van der Waals surface area contributed by atoms with E-state index in [0.717, 1.165) is 29.5 Å². The summed E-state index contributed by atoms with van der Waals surface area (Å²) in [6, 6.07) is 27.6. The zero-order valence-electron chi connectivity index (χ0n) is 25.0. The SMILES string of the molecule is O=C(NCc1ccc2c(c1)OCO2)C(c1ccccc1)N(Cc1ccc(Cl)cc1)C(=O)CCc1ccc(S(=O)(=O)NC2CC2)cc1. The molecule has 4 aromatic rings. The maximum atomic E-state index is 14.0. The van der Waals surface area contributed by atoms with E-state index < -0.39 is 16.1 Å². The first-order chi connectivity index (χ1) is 22.2. The number of hydrogen-bond acceptors (Lipinski definition) is 6. The summed E-state index contributed by atoms with van der Waals surface area (Å²) in [5.74, 6) is 0.719. The molecule has 238 valence electrons. The van der Waals surface area contributed by atoms with Crippen LogP contribution < -0.4 is 19.5 Å². The van der Waals surface area contributed by atoms with Crippen molar-refractivity contribution in [1.29, 1.82) is 0 Å². The lowest BCUT2D eigenvalue weighted by molar-refractivity contribution is -0.141. The predicted octanol–water partition coefficient (Wildman–Crippen LogP) is 5.53. The van der Waals surface area contributed by atoms with Crippen molar-refractivity contribution in [3.8, 4) is 11.5 Å². The van der Waals surface area contributed by atoms with Gasteiger partial charge in [-0.05, 0) is 77.9 Å². The Kier molecular flexibility index (Phi) is 9.58. The third-order valence-corrected chi connectivity index (χ3v) is 9.71. The fourth-order valence-corrected chi connectivity index (χ4v) is 6.70. The van der Waals surface area contributed by atoms with E-state index in [4.69, 9.17) is 21.1 Å². The van der Waals surface area contributed by atoms with Crippen LogP contribution in [-0.4, -0.2) is 38.0 Å². The molecule has 0 aromatic heterocycles. The van der Waals surface area contributed by atoms with Gasteiger partial charge in [0.1, 0.15) is 6.04 Å². The second-order valence-corrected chi connectivity index (χ2v) is 13.6. The summed E-state index contributed by atoms with van der Waals surface area (Å²) in [5.41, 5.74) is 3.14. The number of benzene rings is 4. The van der Waals surface area contributed by atoms with E-state index in [2.05, 4.69) is 10.0 Å². The fraction of sp³-hybridized carbons (Fsp3) is 0.257. The van der Waals surface area contributed by atoms with Gasteiger partial charge in [0.15, 0.2) is 11.5 Å². The highest BCUT2D eigenvalue weighted by Gasteiger charge is 2.32. The summed E-state index contributed by atoms with van der Waals surface area (Å²) < 4.78 is 38.7. The number of amides is 2. The second-order valence-electron chi connectivity index (χ2n) is 11.4. The van der Waals surface area contributed by atoms with Crippen molar-refractivity contribution in [3.63, 3.8) is 0 Å². The quantitative estimate of drug-likeness (QED) is 0.195. The normalized spacial score (nSPS) is 14.5. The Labute approximate surface area is 273 Å². The number of carbonyl (C=O) groups excluding carboxylic acids is 2. The number of nitrogens with one attached hydrogen (secondary N) is 2. The number of rotatable bonds is 13. The van der Waals surface area contributed by atoms with Crippen molar-refractivity contribution in [2.75, 3.05) is 6.79 Å². The average molecular weight is 660 g/mol. The summed E-state index contributed by atoms with van der Waals surface area (Å²) in [7, 11) is -3.57. The molecule has 1 aliphatic carbocycles. The molecule has 4 aromatic carbocycles. The van der Waals surface area contributed by atoms with Crippen LogP contribution in [0.3, 0.4) is 0 Å². The Balaban J connectivity index is 1.22. The molecule has 1 atom stereocenters. The summed E-state index contributed by atoms with van der Waals surface area (Å²) in [4.78, 5) is 29.8. The van der Waals surface area contributed by atoms with E-state index in [9.17, 15) is 18.0 Å². The van der Waals surface area contributed by atoms with Crippen LogP contribution in [0.15, 0.2) is 102 Å². The van der Waals surface area contributed by atoms with Gasteiger partial charge < -0.3 is 19.7 Å². The molecule has 0 spiro atoms. The number of nitrogens with zero attached hydrogens (tertiary/aromatic N) is 1. The highest BCUT2D eigenvalue weighted by atomic mass is 35.5. The predicted molar refractivity (Wildman–Crippen MR) is 174 cm³/mol. The van der Waals surface area contributed by atoms with Crippen LogP contribution in [0.2, 0.25) is 5.02 Å². The minimum atomic E-state index is -3.57. The molecule has 2 aliphatic rings. The van der Waals surface area contributed by atoms with Gasteiger partial charge in [-0.3, -0.25) is 9.59 Å². The molecule has 1 saturated carbocycles. The Morgan fingerprint density at radius 1 is 0.848 bits per heavy atom. The van der Waals surface area contributed by atoms with Crippen molar-refractivity contribution < 1.29 is 27.5 Å². The highest BCUT2D eigenvalue weighted by molar-refractivity contribution is 7.89. The van der Waals surface area contributed by atoms with Crippen molar-refractivity contribution in [2.45, 2.75) is 55.8 Å². The number of aryl methyl sites for hydroxylation is 1. The molecule has 1 fully saturated rings. The average Bonchev–Trinajstić information content (AvgIpc) is 3.74. The first-order valence-electron chi connectivity index (χ1n) is 15.1. The molecular weight excluding hydrogens is 626 g/mol. The highest BCUT2D eigenvalue weighted by Crippen LogP contribution is 2.33. The molecule has 1 heterocycles. The Morgan fingerprint density at radius 2 is 1.52 bits per heavy atom.